The van der Waals surface area contributed by atoms with Crippen LogP contribution >= 0.6 is 0 Å². The van der Waals surface area contributed by atoms with Crippen LogP contribution in [0.1, 0.15) is 103 Å². The molecule has 0 radical (unpaired) electrons. The molecule has 0 saturated heterocycles. The van der Waals surface area contributed by atoms with Crippen LogP contribution in [0.5, 0.6) is 0 Å². The summed E-state index contributed by atoms with van der Waals surface area (Å²) in [6, 6.07) is 1.52. The van der Waals surface area contributed by atoms with Crippen LogP contribution in [0.15, 0.2) is 0 Å². The maximum absolute atomic E-state index is 2.43. The molecule has 0 unspecified atom stereocenters. The molecule has 0 aromatic carbocycles. The molecule has 0 saturated carbocycles. The van der Waals surface area contributed by atoms with E-state index >= 15 is 0 Å². The van der Waals surface area contributed by atoms with Gasteiger partial charge in [-0.2, -0.15) is 0 Å². The van der Waals surface area contributed by atoms with Crippen LogP contribution in [0.4, 0.5) is 0 Å². The minimum Gasteiger partial charge on any atom is -0.334 e. The summed E-state index contributed by atoms with van der Waals surface area (Å²) in [5, 5.41) is 0. The highest BCUT2D eigenvalue weighted by Crippen LogP contribution is 2.13. The van der Waals surface area contributed by atoms with Crippen LogP contribution in [-0.2, 0) is 0 Å². The summed E-state index contributed by atoms with van der Waals surface area (Å²) in [6.07, 6.45) is 22.1. The molecule has 128 valence electrons. The van der Waals surface area contributed by atoms with Gasteiger partial charge in [-0.3, -0.25) is 0 Å². The van der Waals surface area contributed by atoms with Crippen molar-refractivity contribution < 1.29 is 0 Å². The summed E-state index contributed by atoms with van der Waals surface area (Å²) < 4.78 is 2.43. The second-order valence-corrected chi connectivity index (χ2v) is 9.53. The maximum Gasteiger partial charge on any atom is 0.0943 e. The second kappa shape index (κ2) is 18.2. The van der Waals surface area contributed by atoms with Gasteiger partial charge in [0.05, 0.1) is 9.68 Å². The summed E-state index contributed by atoms with van der Waals surface area (Å²) in [5.41, 5.74) is 0. The van der Waals surface area contributed by atoms with Gasteiger partial charge in [-0.05, 0) is 20.1 Å². The van der Waals surface area contributed by atoms with Crippen molar-refractivity contribution in [3.8, 4) is 0 Å². The maximum atomic E-state index is 2.43. The first-order valence-corrected chi connectivity index (χ1v) is 11.6. The van der Waals surface area contributed by atoms with Crippen LogP contribution < -0.4 is 0 Å². The normalized spacial score (nSPS) is 12.0. The molecule has 0 N–H and O–H groups in total. The van der Waals surface area contributed by atoms with E-state index < -0.39 is 0 Å². The standard InChI is InChI=1S/C19H43NSi/c1-4-5-6-7-8-9-10-11-12-13-14-15-16-17-18-19-21-20(2)3/h4-19,21H2,1-3H3. The minimum absolute atomic E-state index is 0.116. The van der Waals surface area contributed by atoms with Gasteiger partial charge in [0, 0.05) is 0 Å². The molecule has 0 spiro atoms. The summed E-state index contributed by atoms with van der Waals surface area (Å²) in [4.78, 5) is 0. The summed E-state index contributed by atoms with van der Waals surface area (Å²) in [6.45, 7) is 2.30. The molecule has 0 fully saturated rings. The Bertz CT molecular complexity index is 182. The van der Waals surface area contributed by atoms with Crippen LogP contribution in [0, 0.1) is 0 Å². The van der Waals surface area contributed by atoms with Gasteiger partial charge in [0.25, 0.3) is 0 Å². The average molecular weight is 314 g/mol. The average Bonchev–Trinajstić information content (AvgIpc) is 2.46. The van der Waals surface area contributed by atoms with Gasteiger partial charge < -0.3 is 4.57 Å². The van der Waals surface area contributed by atoms with E-state index in [0.717, 1.165) is 0 Å². The summed E-state index contributed by atoms with van der Waals surface area (Å²) >= 11 is 0. The van der Waals surface area contributed by atoms with Crippen molar-refractivity contribution in [2.45, 2.75) is 109 Å². The molecule has 1 nitrogen and oxygen atoms in total. The molecule has 0 aliphatic rings. The van der Waals surface area contributed by atoms with Crippen molar-refractivity contribution in [2.75, 3.05) is 14.1 Å². The number of rotatable bonds is 17. The molecule has 21 heavy (non-hydrogen) atoms. The highest BCUT2D eigenvalue weighted by molar-refractivity contribution is 6.31. The Morgan fingerprint density at radius 2 is 0.857 bits per heavy atom. The van der Waals surface area contributed by atoms with Crippen molar-refractivity contribution in [1.82, 2.24) is 4.57 Å². The van der Waals surface area contributed by atoms with Gasteiger partial charge in [-0.25, -0.2) is 0 Å². The third-order valence-corrected chi connectivity index (χ3v) is 6.17. The summed E-state index contributed by atoms with van der Waals surface area (Å²) in [5.74, 6) is 0. The molecule has 0 aromatic rings. The van der Waals surface area contributed by atoms with E-state index in [2.05, 4.69) is 25.6 Å². The van der Waals surface area contributed by atoms with Gasteiger partial charge in [0.2, 0.25) is 0 Å². The van der Waals surface area contributed by atoms with Gasteiger partial charge in [-0.15, -0.1) is 0 Å². The minimum atomic E-state index is 0.116. The van der Waals surface area contributed by atoms with Crippen LogP contribution in [0.25, 0.3) is 0 Å². The molecule has 2 heteroatoms. The third kappa shape index (κ3) is 20.2. The second-order valence-electron chi connectivity index (χ2n) is 7.11. The Kier molecular flexibility index (Phi) is 18.4. The molecule has 0 aliphatic carbocycles. The predicted molar refractivity (Wildman–Crippen MR) is 102 cm³/mol. The predicted octanol–water partition coefficient (Wildman–Crippen LogP) is 5.92. The van der Waals surface area contributed by atoms with Crippen molar-refractivity contribution in [1.29, 1.82) is 0 Å². The molecule has 0 aromatic heterocycles. The first-order chi connectivity index (χ1) is 10.3. The molecule has 0 amide bonds. The Morgan fingerprint density at radius 3 is 1.19 bits per heavy atom. The fraction of sp³-hybridized carbons (Fsp3) is 1.00. The van der Waals surface area contributed by atoms with E-state index in [9.17, 15) is 0 Å². The van der Waals surface area contributed by atoms with E-state index in [0.29, 0.717) is 0 Å². The van der Waals surface area contributed by atoms with E-state index in [1.807, 2.05) is 0 Å². The lowest BCUT2D eigenvalue weighted by Gasteiger charge is -2.07. The van der Waals surface area contributed by atoms with Crippen molar-refractivity contribution in [2.24, 2.45) is 0 Å². The van der Waals surface area contributed by atoms with Crippen LogP contribution in [0.2, 0.25) is 6.04 Å². The lowest BCUT2D eigenvalue weighted by atomic mass is 10.0. The van der Waals surface area contributed by atoms with Crippen molar-refractivity contribution in [3.63, 3.8) is 0 Å². The largest absolute Gasteiger partial charge is 0.334 e. The third-order valence-electron chi connectivity index (χ3n) is 4.46. The van der Waals surface area contributed by atoms with Gasteiger partial charge in [-0.1, -0.05) is 103 Å². The molecular formula is C19H43NSi. The molecule has 0 bridgehead atoms. The lowest BCUT2D eigenvalue weighted by molar-refractivity contribution is 0.534. The van der Waals surface area contributed by atoms with Gasteiger partial charge in [0.1, 0.15) is 0 Å². The number of nitrogens with zero attached hydrogens (tertiary/aromatic N) is 1. The Morgan fingerprint density at radius 1 is 0.524 bits per heavy atom. The Hall–Kier alpha value is 0.177. The molecular weight excluding hydrogens is 270 g/mol. The molecule has 0 aliphatic heterocycles. The van der Waals surface area contributed by atoms with Crippen molar-refractivity contribution >= 4 is 9.68 Å². The zero-order valence-electron chi connectivity index (χ0n) is 15.5. The quantitative estimate of drug-likeness (QED) is 0.238. The van der Waals surface area contributed by atoms with E-state index in [-0.39, 0.29) is 9.68 Å². The monoisotopic (exact) mass is 313 g/mol. The highest BCUT2D eigenvalue weighted by Gasteiger charge is 1.95. The Balaban J connectivity index is 2.93. The number of unbranched alkanes of at least 4 members (excludes halogenated alkanes) is 14. The summed E-state index contributed by atoms with van der Waals surface area (Å²) in [7, 11) is 4.58. The van der Waals surface area contributed by atoms with E-state index in [1.54, 1.807) is 0 Å². The first-order valence-electron chi connectivity index (χ1n) is 9.92. The molecule has 0 rings (SSSR count). The van der Waals surface area contributed by atoms with E-state index in [1.165, 1.54) is 102 Å². The zero-order chi connectivity index (χ0) is 15.6. The number of hydrogen-bond acceptors (Lipinski definition) is 1. The van der Waals surface area contributed by atoms with Crippen molar-refractivity contribution in [3.05, 3.63) is 0 Å². The number of hydrogen-bond donors (Lipinski definition) is 0. The molecule has 0 heterocycles. The fourth-order valence-electron chi connectivity index (χ4n) is 2.98. The smallest absolute Gasteiger partial charge is 0.0943 e. The van der Waals surface area contributed by atoms with E-state index in [4.69, 9.17) is 0 Å². The first kappa shape index (κ1) is 21.2. The van der Waals surface area contributed by atoms with Gasteiger partial charge >= 0.3 is 0 Å². The Labute approximate surface area is 138 Å². The lowest BCUT2D eigenvalue weighted by Crippen LogP contribution is -2.16. The fourth-order valence-corrected chi connectivity index (χ4v) is 4.19. The van der Waals surface area contributed by atoms with Crippen LogP contribution in [-0.4, -0.2) is 28.3 Å². The SMILES string of the molecule is CCCCCCCCCCCCCCCCC[SiH2]N(C)C. The van der Waals surface area contributed by atoms with Crippen LogP contribution in [0.3, 0.4) is 0 Å². The van der Waals surface area contributed by atoms with Gasteiger partial charge in [0.15, 0.2) is 0 Å². The topological polar surface area (TPSA) is 3.24 Å². The highest BCUT2D eigenvalue weighted by atomic mass is 28.2. The zero-order valence-corrected chi connectivity index (χ0v) is 16.9. The molecule has 0 atom stereocenters.